The van der Waals surface area contributed by atoms with Crippen LogP contribution in [-0.2, 0) is 0 Å². The van der Waals surface area contributed by atoms with Gasteiger partial charge in [0.2, 0.25) is 0 Å². The fourth-order valence-corrected chi connectivity index (χ4v) is 0. The molecule has 0 unspecified atom stereocenters. The molecule has 0 atom stereocenters. The molecule has 0 aromatic carbocycles. The molecule has 0 nitrogen and oxygen atoms in total. The van der Waals surface area contributed by atoms with Crippen LogP contribution in [0.5, 0.6) is 0 Å². The average molecular weight is 160 g/mol. The molecule has 0 fully saturated rings. The minimum absolute atomic E-state index is 1.25. The fourth-order valence-electron chi connectivity index (χ4n) is 0. The Morgan fingerprint density at radius 3 is 0.818 bits per heavy atom. The zero-order valence-corrected chi connectivity index (χ0v) is 9.86. The highest BCUT2D eigenvalue weighted by Gasteiger charge is 1.35. The van der Waals surface area contributed by atoms with Gasteiger partial charge in [-0.3, -0.25) is 0 Å². The van der Waals surface area contributed by atoms with E-state index in [1.54, 1.807) is 0 Å². The predicted molar refractivity (Wildman–Crippen MR) is 59.1 cm³/mol. The molecule has 0 aliphatic carbocycles. The SMILES string of the molecule is C/C=C\C.CC.CC.CCC. The predicted octanol–water partition coefficient (Wildman–Crippen LogP) is 5.05. The second-order valence-corrected chi connectivity index (χ2v) is 1.37. The summed E-state index contributed by atoms with van der Waals surface area (Å²) >= 11 is 0. The van der Waals surface area contributed by atoms with Crippen molar-refractivity contribution < 1.29 is 0 Å². The first-order valence-electron chi connectivity index (χ1n) is 4.90. The van der Waals surface area contributed by atoms with Crippen molar-refractivity contribution in [2.75, 3.05) is 0 Å². The molecule has 0 aromatic heterocycles. The van der Waals surface area contributed by atoms with Crippen LogP contribution in [0.15, 0.2) is 12.2 Å². The fraction of sp³-hybridized carbons (Fsp3) is 0.818. The summed E-state index contributed by atoms with van der Waals surface area (Å²) in [5.74, 6) is 0. The Hall–Kier alpha value is -0.260. The minimum Gasteiger partial charge on any atom is -0.0919 e. The van der Waals surface area contributed by atoms with Gasteiger partial charge in [-0.05, 0) is 13.8 Å². The van der Waals surface area contributed by atoms with Crippen molar-refractivity contribution in [3.05, 3.63) is 12.2 Å². The van der Waals surface area contributed by atoms with E-state index in [0.29, 0.717) is 0 Å². The van der Waals surface area contributed by atoms with Crippen molar-refractivity contribution in [3.8, 4) is 0 Å². The largest absolute Gasteiger partial charge is 0.0919 e. The molecule has 0 amide bonds. The second kappa shape index (κ2) is 99.1. The summed E-state index contributed by atoms with van der Waals surface area (Å²) in [5, 5.41) is 0. The lowest BCUT2D eigenvalue weighted by molar-refractivity contribution is 1.09. The van der Waals surface area contributed by atoms with Crippen LogP contribution in [0, 0.1) is 0 Å². The van der Waals surface area contributed by atoms with Gasteiger partial charge in [0.1, 0.15) is 0 Å². The maximum atomic E-state index is 2.12. The molecule has 0 spiro atoms. The topological polar surface area (TPSA) is 0 Å². The van der Waals surface area contributed by atoms with Gasteiger partial charge in [-0.15, -0.1) is 0 Å². The van der Waals surface area contributed by atoms with Crippen LogP contribution < -0.4 is 0 Å². The highest BCUT2D eigenvalue weighted by molar-refractivity contribution is 4.68. The Morgan fingerprint density at radius 2 is 0.818 bits per heavy atom. The van der Waals surface area contributed by atoms with E-state index in [1.807, 2.05) is 53.7 Å². The highest BCUT2D eigenvalue weighted by atomic mass is 13.4. The van der Waals surface area contributed by atoms with Crippen LogP contribution in [0.25, 0.3) is 0 Å². The van der Waals surface area contributed by atoms with Gasteiger partial charge < -0.3 is 0 Å². The first-order valence-corrected chi connectivity index (χ1v) is 4.90. The molecule has 72 valence electrons. The lowest BCUT2D eigenvalue weighted by Crippen LogP contribution is -1.27. The summed E-state index contributed by atoms with van der Waals surface area (Å²) in [7, 11) is 0. The van der Waals surface area contributed by atoms with Crippen molar-refractivity contribution in [2.24, 2.45) is 0 Å². The summed E-state index contributed by atoms with van der Waals surface area (Å²) in [5.41, 5.74) is 0. The minimum atomic E-state index is 1.25. The van der Waals surface area contributed by atoms with Gasteiger partial charge in [0, 0.05) is 0 Å². The Kier molecular flexibility index (Phi) is 202. The Labute approximate surface area is 74.7 Å². The summed E-state index contributed by atoms with van der Waals surface area (Å²) in [6, 6.07) is 0. The quantitative estimate of drug-likeness (QED) is 0.435. The number of rotatable bonds is 0. The molecule has 0 heteroatoms. The molecule has 11 heavy (non-hydrogen) atoms. The van der Waals surface area contributed by atoms with E-state index in [4.69, 9.17) is 0 Å². The first kappa shape index (κ1) is 22.4. The molecule has 0 heterocycles. The lowest BCUT2D eigenvalue weighted by Gasteiger charge is -1.49. The molecule has 0 saturated heterocycles. The zero-order chi connectivity index (χ0) is 10.1. The third kappa shape index (κ3) is 1070. The molecule has 0 radical (unpaired) electrons. The molecule has 0 aromatic rings. The van der Waals surface area contributed by atoms with E-state index >= 15 is 0 Å². The molecular formula is C11H28. The average Bonchev–Trinajstić information content (AvgIpc) is 2.12. The van der Waals surface area contributed by atoms with Gasteiger partial charge in [0.05, 0.1) is 0 Å². The van der Waals surface area contributed by atoms with Crippen LogP contribution in [0.3, 0.4) is 0 Å². The van der Waals surface area contributed by atoms with Gasteiger partial charge in [0.15, 0.2) is 0 Å². The van der Waals surface area contributed by atoms with E-state index in [2.05, 4.69) is 13.8 Å². The smallest absolute Gasteiger partial charge is 0.0470 e. The van der Waals surface area contributed by atoms with Gasteiger partial charge >= 0.3 is 0 Å². The van der Waals surface area contributed by atoms with E-state index < -0.39 is 0 Å². The van der Waals surface area contributed by atoms with Crippen molar-refractivity contribution >= 4 is 0 Å². The monoisotopic (exact) mass is 160 g/mol. The van der Waals surface area contributed by atoms with Crippen molar-refractivity contribution in [2.45, 2.75) is 61.8 Å². The summed E-state index contributed by atoms with van der Waals surface area (Å²) in [4.78, 5) is 0. The number of allylic oxidation sites excluding steroid dienone is 2. The summed E-state index contributed by atoms with van der Waals surface area (Å²) in [6.45, 7) is 16.2. The maximum absolute atomic E-state index is 2.12. The lowest BCUT2D eigenvalue weighted by atomic mass is 10.6. The highest BCUT2D eigenvalue weighted by Crippen LogP contribution is 1.57. The third-order valence-electron chi connectivity index (χ3n) is 0.333. The molecule has 0 aliphatic rings. The molecular weight excluding hydrogens is 132 g/mol. The van der Waals surface area contributed by atoms with Gasteiger partial charge in [0.25, 0.3) is 0 Å². The maximum Gasteiger partial charge on any atom is -0.0470 e. The van der Waals surface area contributed by atoms with Crippen LogP contribution in [0.2, 0.25) is 0 Å². The molecule has 0 aliphatic heterocycles. The van der Waals surface area contributed by atoms with E-state index in [9.17, 15) is 0 Å². The number of hydrogen-bond donors (Lipinski definition) is 0. The van der Waals surface area contributed by atoms with Gasteiger partial charge in [-0.25, -0.2) is 0 Å². The van der Waals surface area contributed by atoms with E-state index in [0.717, 1.165) is 0 Å². The van der Waals surface area contributed by atoms with E-state index in [-0.39, 0.29) is 0 Å². The van der Waals surface area contributed by atoms with Crippen molar-refractivity contribution in [3.63, 3.8) is 0 Å². The molecule has 0 saturated carbocycles. The van der Waals surface area contributed by atoms with Crippen molar-refractivity contribution in [1.29, 1.82) is 0 Å². The van der Waals surface area contributed by atoms with Crippen LogP contribution in [0.1, 0.15) is 61.8 Å². The first-order chi connectivity index (χ1) is 5.33. The van der Waals surface area contributed by atoms with E-state index in [1.165, 1.54) is 6.42 Å². The second-order valence-electron chi connectivity index (χ2n) is 1.37. The molecule has 0 rings (SSSR count). The van der Waals surface area contributed by atoms with Crippen LogP contribution in [0.4, 0.5) is 0 Å². The molecule has 0 bridgehead atoms. The summed E-state index contributed by atoms with van der Waals surface area (Å²) < 4.78 is 0. The van der Waals surface area contributed by atoms with Gasteiger partial charge in [-0.1, -0.05) is 60.1 Å². The standard InChI is InChI=1S/C4H8.C3H8.2C2H6/c1-3-4-2;1-3-2;2*1-2/h3-4H,1-2H3;3H2,1-2H3;2*1-2H3/b4-3-;;;. The third-order valence-corrected chi connectivity index (χ3v) is 0.333. The zero-order valence-electron chi connectivity index (χ0n) is 9.86. The Morgan fingerprint density at radius 1 is 0.727 bits per heavy atom. The number of hydrogen-bond acceptors (Lipinski definition) is 0. The van der Waals surface area contributed by atoms with Gasteiger partial charge in [-0.2, -0.15) is 0 Å². The van der Waals surface area contributed by atoms with Crippen LogP contribution >= 0.6 is 0 Å². The Bertz CT molecular complexity index is 23.0. The van der Waals surface area contributed by atoms with Crippen LogP contribution in [-0.4, -0.2) is 0 Å². The normalized spacial score (nSPS) is 6.18. The molecule has 0 N–H and O–H groups in total. The Balaban J connectivity index is -0.0000000315. The van der Waals surface area contributed by atoms with Crippen molar-refractivity contribution in [1.82, 2.24) is 0 Å². The summed E-state index contributed by atoms with van der Waals surface area (Å²) in [6.07, 6.45) is 5.25.